The molecule has 0 aromatic heterocycles. The van der Waals surface area contributed by atoms with E-state index in [2.05, 4.69) is 0 Å². The number of rotatable bonds is 7. The van der Waals surface area contributed by atoms with Gasteiger partial charge in [0.05, 0.1) is 18.8 Å². The molecule has 0 rings (SSSR count). The molecule has 0 radical (unpaired) electrons. The SMILES string of the molecule is CCCC(OCCOC(C)(C)C)C(=O)O. The van der Waals surface area contributed by atoms with Crippen LogP contribution in [0.25, 0.3) is 0 Å². The van der Waals surface area contributed by atoms with Crippen LogP contribution in [0.5, 0.6) is 0 Å². The van der Waals surface area contributed by atoms with Crippen LogP contribution < -0.4 is 0 Å². The minimum Gasteiger partial charge on any atom is -0.479 e. The molecule has 0 aromatic rings. The van der Waals surface area contributed by atoms with Crippen LogP contribution in [0, 0.1) is 0 Å². The van der Waals surface area contributed by atoms with E-state index >= 15 is 0 Å². The molecule has 0 saturated carbocycles. The van der Waals surface area contributed by atoms with Gasteiger partial charge in [-0.25, -0.2) is 4.79 Å². The van der Waals surface area contributed by atoms with Crippen LogP contribution in [0.2, 0.25) is 0 Å². The lowest BCUT2D eigenvalue weighted by molar-refractivity contribution is -0.152. The van der Waals surface area contributed by atoms with E-state index in [9.17, 15) is 4.79 Å². The molecule has 0 saturated heterocycles. The van der Waals surface area contributed by atoms with Gasteiger partial charge in [-0.2, -0.15) is 0 Å². The summed E-state index contributed by atoms with van der Waals surface area (Å²) in [6.45, 7) is 8.55. The molecule has 0 aliphatic heterocycles. The summed E-state index contributed by atoms with van der Waals surface area (Å²) in [5.41, 5.74) is -0.202. The van der Waals surface area contributed by atoms with Gasteiger partial charge in [0, 0.05) is 0 Å². The second-order valence-electron chi connectivity index (χ2n) is 4.45. The molecule has 0 aliphatic carbocycles. The van der Waals surface area contributed by atoms with Gasteiger partial charge < -0.3 is 14.6 Å². The smallest absolute Gasteiger partial charge is 0.332 e. The lowest BCUT2D eigenvalue weighted by atomic mass is 10.2. The van der Waals surface area contributed by atoms with Gasteiger partial charge in [-0.05, 0) is 27.2 Å². The van der Waals surface area contributed by atoms with E-state index in [1.807, 2.05) is 27.7 Å². The third-order valence-corrected chi connectivity index (χ3v) is 1.76. The predicted octanol–water partition coefficient (Wildman–Crippen LogP) is 2.07. The van der Waals surface area contributed by atoms with Gasteiger partial charge in [0.1, 0.15) is 0 Å². The van der Waals surface area contributed by atoms with Gasteiger partial charge in [-0.1, -0.05) is 13.3 Å². The van der Waals surface area contributed by atoms with Crippen molar-refractivity contribution in [2.75, 3.05) is 13.2 Å². The Kier molecular flexibility index (Phi) is 6.52. The zero-order valence-electron chi connectivity index (χ0n) is 10.1. The summed E-state index contributed by atoms with van der Waals surface area (Å²) in [4.78, 5) is 10.7. The summed E-state index contributed by atoms with van der Waals surface area (Å²) in [5.74, 6) is -0.896. The highest BCUT2D eigenvalue weighted by atomic mass is 16.5. The molecule has 1 unspecified atom stereocenters. The molecule has 0 fully saturated rings. The number of carbonyl (C=O) groups is 1. The fourth-order valence-corrected chi connectivity index (χ4v) is 1.08. The molecule has 4 heteroatoms. The molecule has 15 heavy (non-hydrogen) atoms. The zero-order valence-corrected chi connectivity index (χ0v) is 10.1. The molecule has 0 aliphatic rings. The third-order valence-electron chi connectivity index (χ3n) is 1.76. The first-order valence-electron chi connectivity index (χ1n) is 5.35. The Labute approximate surface area is 91.6 Å². The van der Waals surface area contributed by atoms with Crippen LogP contribution >= 0.6 is 0 Å². The normalized spacial score (nSPS) is 13.9. The summed E-state index contributed by atoms with van der Waals surface area (Å²) in [6.07, 6.45) is 0.653. The molecule has 0 heterocycles. The van der Waals surface area contributed by atoms with E-state index in [0.717, 1.165) is 6.42 Å². The summed E-state index contributed by atoms with van der Waals surface area (Å²) < 4.78 is 10.6. The highest BCUT2D eigenvalue weighted by Crippen LogP contribution is 2.07. The Morgan fingerprint density at radius 3 is 2.33 bits per heavy atom. The molecule has 0 amide bonds. The second kappa shape index (κ2) is 6.80. The Morgan fingerprint density at radius 2 is 1.93 bits per heavy atom. The Bertz CT molecular complexity index is 184. The number of hydrogen-bond acceptors (Lipinski definition) is 3. The van der Waals surface area contributed by atoms with Crippen molar-refractivity contribution >= 4 is 5.97 Å². The van der Waals surface area contributed by atoms with Crippen molar-refractivity contribution in [3.8, 4) is 0 Å². The summed E-state index contributed by atoms with van der Waals surface area (Å²) in [6, 6.07) is 0. The van der Waals surface area contributed by atoms with Crippen molar-refractivity contribution in [3.05, 3.63) is 0 Å². The number of aliphatic carboxylic acids is 1. The van der Waals surface area contributed by atoms with Crippen molar-refractivity contribution in [2.24, 2.45) is 0 Å². The average Bonchev–Trinajstić information content (AvgIpc) is 2.08. The molecule has 4 nitrogen and oxygen atoms in total. The maximum absolute atomic E-state index is 10.7. The van der Waals surface area contributed by atoms with E-state index in [-0.39, 0.29) is 5.60 Å². The average molecular weight is 218 g/mol. The van der Waals surface area contributed by atoms with Crippen LogP contribution in [-0.4, -0.2) is 36.0 Å². The van der Waals surface area contributed by atoms with Crippen LogP contribution in [0.3, 0.4) is 0 Å². The Balaban J connectivity index is 3.67. The molecular weight excluding hydrogens is 196 g/mol. The molecule has 1 N–H and O–H groups in total. The maximum Gasteiger partial charge on any atom is 0.332 e. The van der Waals surface area contributed by atoms with Crippen molar-refractivity contribution < 1.29 is 19.4 Å². The van der Waals surface area contributed by atoms with Gasteiger partial charge in [0.25, 0.3) is 0 Å². The lowest BCUT2D eigenvalue weighted by Gasteiger charge is -2.20. The largest absolute Gasteiger partial charge is 0.479 e. The maximum atomic E-state index is 10.7. The van der Waals surface area contributed by atoms with E-state index in [4.69, 9.17) is 14.6 Å². The predicted molar refractivity (Wildman–Crippen MR) is 58.0 cm³/mol. The monoisotopic (exact) mass is 218 g/mol. The van der Waals surface area contributed by atoms with Crippen LogP contribution in [0.1, 0.15) is 40.5 Å². The summed E-state index contributed by atoms with van der Waals surface area (Å²) in [5, 5.41) is 8.80. The number of hydrogen-bond donors (Lipinski definition) is 1. The third kappa shape index (κ3) is 8.39. The number of carboxylic acid groups (broad SMARTS) is 1. The van der Waals surface area contributed by atoms with Crippen LogP contribution in [0.4, 0.5) is 0 Å². The van der Waals surface area contributed by atoms with E-state index in [1.54, 1.807) is 0 Å². The van der Waals surface area contributed by atoms with Gasteiger partial charge in [0.2, 0.25) is 0 Å². The molecule has 0 spiro atoms. The fourth-order valence-electron chi connectivity index (χ4n) is 1.08. The van der Waals surface area contributed by atoms with Gasteiger partial charge in [-0.15, -0.1) is 0 Å². The molecule has 0 aromatic carbocycles. The quantitative estimate of drug-likeness (QED) is 0.665. The van der Waals surface area contributed by atoms with E-state index < -0.39 is 12.1 Å². The molecule has 0 bridgehead atoms. The zero-order chi connectivity index (χ0) is 11.9. The summed E-state index contributed by atoms with van der Waals surface area (Å²) in [7, 11) is 0. The molecule has 1 atom stereocenters. The number of carboxylic acids is 1. The highest BCUT2D eigenvalue weighted by molar-refractivity contribution is 5.72. The molecular formula is C11H22O4. The van der Waals surface area contributed by atoms with Crippen molar-refractivity contribution in [2.45, 2.75) is 52.2 Å². The first-order chi connectivity index (χ1) is 6.87. The topological polar surface area (TPSA) is 55.8 Å². The fraction of sp³-hybridized carbons (Fsp3) is 0.909. The second-order valence-corrected chi connectivity index (χ2v) is 4.45. The lowest BCUT2D eigenvalue weighted by Crippen LogP contribution is -2.27. The number of ether oxygens (including phenoxy) is 2. The molecule has 90 valence electrons. The minimum atomic E-state index is -0.896. The van der Waals surface area contributed by atoms with Crippen molar-refractivity contribution in [3.63, 3.8) is 0 Å². The van der Waals surface area contributed by atoms with Gasteiger partial charge >= 0.3 is 5.97 Å². The van der Waals surface area contributed by atoms with Gasteiger partial charge in [-0.3, -0.25) is 0 Å². The van der Waals surface area contributed by atoms with Crippen LogP contribution in [-0.2, 0) is 14.3 Å². The van der Waals surface area contributed by atoms with Crippen LogP contribution in [0.15, 0.2) is 0 Å². The highest BCUT2D eigenvalue weighted by Gasteiger charge is 2.17. The Hall–Kier alpha value is -0.610. The first kappa shape index (κ1) is 14.4. The Morgan fingerprint density at radius 1 is 1.33 bits per heavy atom. The standard InChI is InChI=1S/C11H22O4/c1-5-6-9(10(12)13)14-7-8-15-11(2,3)4/h9H,5-8H2,1-4H3,(H,12,13). The van der Waals surface area contributed by atoms with E-state index in [1.165, 1.54) is 0 Å². The summed E-state index contributed by atoms with van der Waals surface area (Å²) >= 11 is 0. The first-order valence-corrected chi connectivity index (χ1v) is 5.35. The van der Waals surface area contributed by atoms with Crippen molar-refractivity contribution in [1.29, 1.82) is 0 Å². The van der Waals surface area contributed by atoms with Crippen molar-refractivity contribution in [1.82, 2.24) is 0 Å². The minimum absolute atomic E-state index is 0.202. The van der Waals surface area contributed by atoms with Gasteiger partial charge in [0.15, 0.2) is 6.10 Å². The van der Waals surface area contributed by atoms with E-state index in [0.29, 0.717) is 19.6 Å².